The minimum absolute atomic E-state index is 0.0808. The summed E-state index contributed by atoms with van der Waals surface area (Å²) in [4.78, 5) is 32.4. The number of aryl methyl sites for hydroxylation is 1. The standard InChI is InChI=1S/C23H23N3O4S2/c1-29-15-9-13(10-16(12-15)30-2)21(27)26-23-25-20-18(7-8-19(20)32-23)22(28)24-14-5-4-6-17(11-14)31-3/h4-6,9-12,18H,7-8H2,1-3H3,(H,24,28)(H,25,26,27). The fourth-order valence-corrected chi connectivity index (χ4v) is 5.07. The van der Waals surface area contributed by atoms with Crippen LogP contribution in [0.15, 0.2) is 47.4 Å². The van der Waals surface area contributed by atoms with Crippen molar-refractivity contribution in [3.8, 4) is 11.5 Å². The number of methoxy groups -OCH3 is 2. The molecule has 166 valence electrons. The second kappa shape index (κ2) is 9.62. The summed E-state index contributed by atoms with van der Waals surface area (Å²) < 4.78 is 10.5. The molecule has 3 aromatic rings. The number of amides is 2. The van der Waals surface area contributed by atoms with Crippen LogP contribution in [0.3, 0.4) is 0 Å². The lowest BCUT2D eigenvalue weighted by Crippen LogP contribution is -2.20. The summed E-state index contributed by atoms with van der Waals surface area (Å²) in [6, 6.07) is 12.7. The Kier molecular flexibility index (Phi) is 6.66. The van der Waals surface area contributed by atoms with Gasteiger partial charge < -0.3 is 14.8 Å². The van der Waals surface area contributed by atoms with Crippen molar-refractivity contribution in [2.45, 2.75) is 23.7 Å². The quantitative estimate of drug-likeness (QED) is 0.483. The molecule has 1 aliphatic carbocycles. The van der Waals surface area contributed by atoms with Crippen LogP contribution < -0.4 is 20.1 Å². The predicted molar refractivity (Wildman–Crippen MR) is 128 cm³/mol. The lowest BCUT2D eigenvalue weighted by molar-refractivity contribution is -0.117. The minimum atomic E-state index is -0.332. The number of ether oxygens (including phenoxy) is 2. The zero-order valence-electron chi connectivity index (χ0n) is 17.9. The first-order valence-corrected chi connectivity index (χ1v) is 12.0. The molecule has 2 N–H and O–H groups in total. The molecule has 0 saturated heterocycles. The summed E-state index contributed by atoms with van der Waals surface area (Å²) in [5.41, 5.74) is 1.91. The second-order valence-corrected chi connectivity index (χ2v) is 9.16. The number of benzene rings is 2. The predicted octanol–water partition coefficient (Wildman–Crippen LogP) is 4.80. The number of anilines is 2. The van der Waals surface area contributed by atoms with Gasteiger partial charge in [0.15, 0.2) is 5.13 Å². The maximum Gasteiger partial charge on any atom is 0.257 e. The van der Waals surface area contributed by atoms with E-state index in [0.29, 0.717) is 28.6 Å². The van der Waals surface area contributed by atoms with Gasteiger partial charge in [-0.1, -0.05) is 6.07 Å². The van der Waals surface area contributed by atoms with Gasteiger partial charge in [0.25, 0.3) is 5.91 Å². The molecule has 1 aromatic heterocycles. The molecule has 2 aromatic carbocycles. The van der Waals surface area contributed by atoms with Gasteiger partial charge >= 0.3 is 0 Å². The summed E-state index contributed by atoms with van der Waals surface area (Å²) in [6.45, 7) is 0. The van der Waals surface area contributed by atoms with Crippen molar-refractivity contribution in [2.75, 3.05) is 31.1 Å². The Bertz CT molecular complexity index is 1140. The van der Waals surface area contributed by atoms with Gasteiger partial charge in [0.1, 0.15) is 11.5 Å². The maximum atomic E-state index is 12.9. The first-order chi connectivity index (χ1) is 15.5. The average Bonchev–Trinajstić information content (AvgIpc) is 3.38. The van der Waals surface area contributed by atoms with Crippen LogP contribution in [-0.4, -0.2) is 37.3 Å². The molecule has 9 heteroatoms. The maximum absolute atomic E-state index is 12.9. The van der Waals surface area contributed by atoms with Gasteiger partial charge in [0, 0.05) is 27.1 Å². The van der Waals surface area contributed by atoms with Gasteiger partial charge in [0.2, 0.25) is 5.91 Å². The Morgan fingerprint density at radius 1 is 1.09 bits per heavy atom. The van der Waals surface area contributed by atoms with Crippen LogP contribution in [0.1, 0.15) is 33.3 Å². The summed E-state index contributed by atoms with van der Waals surface area (Å²) >= 11 is 3.03. The smallest absolute Gasteiger partial charge is 0.257 e. The van der Waals surface area contributed by atoms with Crippen LogP contribution in [-0.2, 0) is 11.2 Å². The molecule has 0 aliphatic heterocycles. The largest absolute Gasteiger partial charge is 0.497 e. The number of carbonyl (C=O) groups is 2. The third-order valence-corrected chi connectivity index (χ3v) is 6.98. The van der Waals surface area contributed by atoms with E-state index in [9.17, 15) is 9.59 Å². The van der Waals surface area contributed by atoms with Crippen molar-refractivity contribution in [2.24, 2.45) is 0 Å². The van der Waals surface area contributed by atoms with E-state index >= 15 is 0 Å². The van der Waals surface area contributed by atoms with Crippen molar-refractivity contribution >= 4 is 45.7 Å². The Balaban J connectivity index is 1.48. The molecule has 0 radical (unpaired) electrons. The SMILES string of the molecule is COc1cc(OC)cc(C(=O)Nc2nc3c(s2)CCC3C(=O)Nc2cccc(SC)c2)c1. The summed E-state index contributed by atoms with van der Waals surface area (Å²) in [7, 11) is 3.06. The van der Waals surface area contributed by atoms with Crippen LogP contribution in [0, 0.1) is 0 Å². The van der Waals surface area contributed by atoms with E-state index < -0.39 is 0 Å². The molecule has 1 unspecified atom stereocenters. The number of hydrogen-bond donors (Lipinski definition) is 2. The van der Waals surface area contributed by atoms with Crippen LogP contribution in [0.2, 0.25) is 0 Å². The highest BCUT2D eigenvalue weighted by atomic mass is 32.2. The van der Waals surface area contributed by atoms with Gasteiger partial charge in [-0.05, 0) is 49.4 Å². The number of carbonyl (C=O) groups excluding carboxylic acids is 2. The van der Waals surface area contributed by atoms with Gasteiger partial charge in [-0.25, -0.2) is 4.98 Å². The Morgan fingerprint density at radius 3 is 2.53 bits per heavy atom. The van der Waals surface area contributed by atoms with Gasteiger partial charge in [-0.2, -0.15) is 0 Å². The van der Waals surface area contributed by atoms with E-state index in [2.05, 4.69) is 15.6 Å². The molecular formula is C23H23N3O4S2. The Labute approximate surface area is 194 Å². The molecule has 1 heterocycles. The number of thioether (sulfide) groups is 1. The average molecular weight is 470 g/mol. The topological polar surface area (TPSA) is 89.6 Å². The molecule has 0 saturated carbocycles. The van der Waals surface area contributed by atoms with Crippen molar-refractivity contribution < 1.29 is 19.1 Å². The molecular weight excluding hydrogens is 446 g/mol. The zero-order chi connectivity index (χ0) is 22.7. The lowest BCUT2D eigenvalue weighted by Gasteiger charge is -2.11. The molecule has 7 nitrogen and oxygen atoms in total. The van der Waals surface area contributed by atoms with Crippen molar-refractivity contribution in [1.29, 1.82) is 0 Å². The first-order valence-electron chi connectivity index (χ1n) is 9.99. The first kappa shape index (κ1) is 22.2. The lowest BCUT2D eigenvalue weighted by atomic mass is 10.1. The number of rotatable bonds is 7. The highest BCUT2D eigenvalue weighted by Crippen LogP contribution is 2.39. The van der Waals surface area contributed by atoms with Crippen LogP contribution in [0.25, 0.3) is 0 Å². The second-order valence-electron chi connectivity index (χ2n) is 7.20. The number of thiazole rings is 1. The number of fused-ring (bicyclic) bond motifs is 1. The molecule has 0 spiro atoms. The van der Waals surface area contributed by atoms with Crippen LogP contribution in [0.4, 0.5) is 10.8 Å². The Morgan fingerprint density at radius 2 is 1.84 bits per heavy atom. The zero-order valence-corrected chi connectivity index (χ0v) is 19.6. The fraction of sp³-hybridized carbons (Fsp3) is 0.261. The number of aromatic nitrogens is 1. The molecule has 0 bridgehead atoms. The summed E-state index contributed by atoms with van der Waals surface area (Å²) in [5.74, 6) is 0.325. The molecule has 1 aliphatic rings. The Hall–Kier alpha value is -3.04. The van der Waals surface area contributed by atoms with Gasteiger partial charge in [-0.15, -0.1) is 23.1 Å². The van der Waals surface area contributed by atoms with Crippen molar-refractivity contribution in [1.82, 2.24) is 4.98 Å². The number of nitrogens with one attached hydrogen (secondary N) is 2. The molecule has 4 rings (SSSR count). The van der Waals surface area contributed by atoms with Gasteiger partial charge in [0.05, 0.1) is 25.8 Å². The highest BCUT2D eigenvalue weighted by Gasteiger charge is 2.33. The van der Waals surface area contributed by atoms with E-state index in [1.165, 1.54) is 25.6 Å². The third-order valence-electron chi connectivity index (χ3n) is 5.21. The molecule has 0 fully saturated rings. The normalized spacial score (nSPS) is 14.5. The molecule has 2 amide bonds. The molecule has 1 atom stereocenters. The van der Waals surface area contributed by atoms with Crippen LogP contribution in [0.5, 0.6) is 11.5 Å². The number of hydrogen-bond acceptors (Lipinski definition) is 7. The van der Waals surface area contributed by atoms with E-state index in [0.717, 1.165) is 27.6 Å². The van der Waals surface area contributed by atoms with E-state index in [4.69, 9.17) is 9.47 Å². The van der Waals surface area contributed by atoms with Crippen LogP contribution >= 0.6 is 23.1 Å². The van der Waals surface area contributed by atoms with Crippen molar-refractivity contribution in [3.63, 3.8) is 0 Å². The van der Waals surface area contributed by atoms with Gasteiger partial charge in [-0.3, -0.25) is 14.9 Å². The minimum Gasteiger partial charge on any atom is -0.497 e. The fourth-order valence-electron chi connectivity index (χ4n) is 3.57. The molecule has 32 heavy (non-hydrogen) atoms. The summed E-state index contributed by atoms with van der Waals surface area (Å²) in [6.07, 6.45) is 3.47. The summed E-state index contributed by atoms with van der Waals surface area (Å²) in [5, 5.41) is 6.31. The number of nitrogens with zero attached hydrogens (tertiary/aromatic N) is 1. The van der Waals surface area contributed by atoms with E-state index in [-0.39, 0.29) is 17.7 Å². The monoisotopic (exact) mass is 469 g/mol. The van der Waals surface area contributed by atoms with Crippen molar-refractivity contribution in [3.05, 3.63) is 58.6 Å². The highest BCUT2D eigenvalue weighted by molar-refractivity contribution is 7.98. The van der Waals surface area contributed by atoms with E-state index in [1.807, 2.05) is 30.5 Å². The third kappa shape index (κ3) is 4.73. The van der Waals surface area contributed by atoms with E-state index in [1.54, 1.807) is 30.0 Å².